The molecule has 0 radical (unpaired) electrons. The molecule has 1 N–H and O–H groups in total. The van der Waals surface area contributed by atoms with Crippen molar-refractivity contribution in [1.29, 1.82) is 0 Å². The summed E-state index contributed by atoms with van der Waals surface area (Å²) in [5.74, 6) is 1.37. The number of hydrogen-bond donors (Lipinski definition) is 1. The van der Waals surface area contributed by atoms with Crippen LogP contribution < -0.4 is 18.9 Å². The van der Waals surface area contributed by atoms with Crippen LogP contribution in [0.3, 0.4) is 0 Å². The minimum Gasteiger partial charge on any atom is -0.502 e. The smallest absolute Gasteiger partial charge is 0.310 e. The topological polar surface area (TPSA) is 89.9 Å². The Morgan fingerprint density at radius 2 is 1.55 bits per heavy atom. The maximum atomic E-state index is 13.4. The van der Waals surface area contributed by atoms with Gasteiger partial charge in [-0.2, -0.15) is 0 Å². The van der Waals surface area contributed by atoms with E-state index in [0.717, 1.165) is 49.0 Å². The lowest BCUT2D eigenvalue weighted by atomic mass is 9.62. The number of carbonyl (C=O) groups is 1. The van der Waals surface area contributed by atoms with E-state index in [0.29, 0.717) is 23.9 Å². The second-order valence-corrected chi connectivity index (χ2v) is 12.5. The number of fused-ring (bicyclic) bond motifs is 3. The van der Waals surface area contributed by atoms with Gasteiger partial charge in [0.05, 0.1) is 26.7 Å². The second kappa shape index (κ2) is 11.5. The van der Waals surface area contributed by atoms with E-state index in [4.69, 9.17) is 23.7 Å². The summed E-state index contributed by atoms with van der Waals surface area (Å²) < 4.78 is 28.4. The van der Waals surface area contributed by atoms with E-state index in [-0.39, 0.29) is 42.2 Å². The molecule has 3 fully saturated rings. The van der Waals surface area contributed by atoms with Gasteiger partial charge in [0.15, 0.2) is 23.0 Å². The molecular weight excluding hydrogens is 536 g/mol. The van der Waals surface area contributed by atoms with Crippen molar-refractivity contribution in [2.24, 2.45) is 11.8 Å². The monoisotopic (exact) mass is 578 g/mol. The second-order valence-electron chi connectivity index (χ2n) is 12.5. The molecule has 0 amide bonds. The van der Waals surface area contributed by atoms with Crippen molar-refractivity contribution >= 4 is 5.97 Å². The van der Waals surface area contributed by atoms with Crippen molar-refractivity contribution in [2.45, 2.75) is 56.4 Å². The summed E-state index contributed by atoms with van der Waals surface area (Å²) in [7, 11) is 3.03. The van der Waals surface area contributed by atoms with Crippen LogP contribution in [0, 0.1) is 11.8 Å². The molecule has 4 aliphatic heterocycles. The van der Waals surface area contributed by atoms with Crippen LogP contribution in [-0.4, -0.2) is 87.3 Å². The predicted molar refractivity (Wildman–Crippen MR) is 156 cm³/mol. The molecule has 0 spiro atoms. The fourth-order valence-corrected chi connectivity index (χ4v) is 8.25. The summed E-state index contributed by atoms with van der Waals surface area (Å²) in [6.07, 6.45) is 7.48. The minimum absolute atomic E-state index is 0.0343. The van der Waals surface area contributed by atoms with Crippen molar-refractivity contribution in [2.75, 3.05) is 60.3 Å². The number of rotatable bonds is 7. The Bertz CT molecular complexity index is 1290. The number of likely N-dealkylation sites (tertiary alicyclic amines) is 2. The molecule has 0 saturated carbocycles. The summed E-state index contributed by atoms with van der Waals surface area (Å²) in [4.78, 5) is 18.8. The van der Waals surface area contributed by atoms with Crippen molar-refractivity contribution < 1.29 is 33.6 Å². The van der Waals surface area contributed by atoms with Gasteiger partial charge in [-0.1, -0.05) is 6.42 Å². The molecule has 0 bridgehead atoms. The van der Waals surface area contributed by atoms with Gasteiger partial charge in [-0.05, 0) is 112 Å². The Morgan fingerprint density at radius 1 is 0.881 bits per heavy atom. The summed E-state index contributed by atoms with van der Waals surface area (Å²) in [5, 5.41) is 10.6. The maximum absolute atomic E-state index is 13.4. The largest absolute Gasteiger partial charge is 0.502 e. The number of nitrogens with zero attached hydrogens (tertiary/aromatic N) is 2. The summed E-state index contributed by atoms with van der Waals surface area (Å²) in [6.45, 7) is 6.36. The van der Waals surface area contributed by atoms with Crippen LogP contribution >= 0.6 is 0 Å². The third-order valence-corrected chi connectivity index (χ3v) is 10.4. The highest BCUT2D eigenvalue weighted by atomic mass is 16.7. The Hall–Kier alpha value is -3.17. The molecule has 9 nitrogen and oxygen atoms in total. The first-order valence-electron chi connectivity index (χ1n) is 15.6. The number of methoxy groups -OCH3 is 2. The number of phenols is 1. The normalized spacial score (nSPS) is 27.8. The molecule has 2 aromatic rings. The molecule has 3 saturated heterocycles. The number of phenolic OH excluding ortho intramolecular Hbond substituents is 1. The zero-order valence-corrected chi connectivity index (χ0v) is 24.7. The highest BCUT2D eigenvalue weighted by Gasteiger charge is 2.52. The molecule has 42 heavy (non-hydrogen) atoms. The Balaban J connectivity index is 1.19. The van der Waals surface area contributed by atoms with E-state index in [1.165, 1.54) is 65.0 Å². The van der Waals surface area contributed by atoms with Gasteiger partial charge in [-0.25, -0.2) is 0 Å². The Labute approximate surface area is 247 Å². The van der Waals surface area contributed by atoms with Crippen LogP contribution in [0.5, 0.6) is 28.7 Å². The lowest BCUT2D eigenvalue weighted by Crippen LogP contribution is -2.47. The van der Waals surface area contributed by atoms with E-state index >= 15 is 0 Å². The zero-order chi connectivity index (χ0) is 28.8. The van der Waals surface area contributed by atoms with Gasteiger partial charge in [0.2, 0.25) is 12.5 Å². The van der Waals surface area contributed by atoms with Gasteiger partial charge in [-0.3, -0.25) is 4.79 Å². The average Bonchev–Trinajstić information content (AvgIpc) is 3.65. The van der Waals surface area contributed by atoms with Gasteiger partial charge in [0.25, 0.3) is 0 Å². The number of esters is 1. The van der Waals surface area contributed by atoms with Crippen molar-refractivity contribution in [3.8, 4) is 28.7 Å². The number of aromatic hydroxyl groups is 1. The number of carbonyl (C=O) groups excluding carboxylic acids is 1. The number of hydrogen-bond acceptors (Lipinski definition) is 9. The average molecular weight is 579 g/mol. The zero-order valence-electron chi connectivity index (χ0n) is 24.7. The van der Waals surface area contributed by atoms with Crippen LogP contribution in [0.4, 0.5) is 0 Å². The van der Waals surface area contributed by atoms with Gasteiger partial charge in [0.1, 0.15) is 0 Å². The molecule has 5 aliphatic rings. The predicted octanol–water partition coefficient (Wildman–Crippen LogP) is 4.50. The fourth-order valence-electron chi connectivity index (χ4n) is 8.25. The molecule has 0 unspecified atom stereocenters. The van der Waals surface area contributed by atoms with Crippen molar-refractivity contribution in [3.05, 3.63) is 41.0 Å². The summed E-state index contributed by atoms with van der Waals surface area (Å²) in [6, 6.07) is 8.53. The molecule has 0 aromatic heterocycles. The highest BCUT2D eigenvalue weighted by Crippen LogP contribution is 2.57. The van der Waals surface area contributed by atoms with Crippen LogP contribution in [0.2, 0.25) is 0 Å². The Morgan fingerprint density at radius 3 is 2.21 bits per heavy atom. The van der Waals surface area contributed by atoms with Crippen LogP contribution in [0.25, 0.3) is 0 Å². The third kappa shape index (κ3) is 4.84. The lowest BCUT2D eigenvalue weighted by molar-refractivity contribution is -0.141. The van der Waals surface area contributed by atoms with E-state index in [1.807, 2.05) is 18.2 Å². The highest BCUT2D eigenvalue weighted by molar-refractivity contribution is 5.79. The third-order valence-electron chi connectivity index (χ3n) is 10.4. The maximum Gasteiger partial charge on any atom is 0.310 e. The van der Waals surface area contributed by atoms with Crippen LogP contribution in [-0.2, 0) is 9.53 Å². The number of benzene rings is 2. The first kappa shape index (κ1) is 27.7. The van der Waals surface area contributed by atoms with Gasteiger partial charge >= 0.3 is 5.97 Å². The first-order valence-corrected chi connectivity index (χ1v) is 15.6. The molecule has 1 aliphatic carbocycles. The molecule has 9 heteroatoms. The summed E-state index contributed by atoms with van der Waals surface area (Å²) >= 11 is 0. The van der Waals surface area contributed by atoms with E-state index in [1.54, 1.807) is 0 Å². The minimum atomic E-state index is -0.355. The first-order chi connectivity index (χ1) is 20.6. The van der Waals surface area contributed by atoms with Gasteiger partial charge in [0, 0.05) is 17.9 Å². The van der Waals surface area contributed by atoms with Gasteiger partial charge < -0.3 is 38.6 Å². The standard InChI is InChI=1S/C33H42N2O7/c1-38-28-14-20(15-29(39-2)32(28)36)30-24-17-27-26(41-19-42-27)16-23(24)22(25-18-40-33(37)31(25)30)8-13-34-11-6-21(7-12-34)35-9-4-3-5-10-35/h14-17,21-22,25,30-31,36H,3-13,18-19H2,1-2H3/t22-,25-,30-,31+/m1/s1. The fraction of sp³-hybridized carbons (Fsp3) is 0.606. The summed E-state index contributed by atoms with van der Waals surface area (Å²) in [5.41, 5.74) is 3.08. The van der Waals surface area contributed by atoms with Crippen molar-refractivity contribution in [3.63, 3.8) is 0 Å². The van der Waals surface area contributed by atoms with E-state index < -0.39 is 0 Å². The van der Waals surface area contributed by atoms with Crippen LogP contribution in [0.15, 0.2) is 24.3 Å². The molecule has 4 heterocycles. The Kier molecular flexibility index (Phi) is 7.56. The van der Waals surface area contributed by atoms with E-state index in [2.05, 4.69) is 15.9 Å². The van der Waals surface area contributed by atoms with Gasteiger partial charge in [-0.15, -0.1) is 0 Å². The molecule has 4 atom stereocenters. The molecule has 7 rings (SSSR count). The van der Waals surface area contributed by atoms with E-state index in [9.17, 15) is 9.90 Å². The van der Waals surface area contributed by atoms with Crippen LogP contribution in [0.1, 0.15) is 67.1 Å². The number of cyclic esters (lactones) is 1. The quantitative estimate of drug-likeness (QED) is 0.477. The van der Waals surface area contributed by atoms with Crippen molar-refractivity contribution in [1.82, 2.24) is 9.80 Å². The lowest BCUT2D eigenvalue weighted by Gasteiger charge is -2.42. The molecule has 2 aromatic carbocycles. The number of piperidine rings is 2. The molecule has 226 valence electrons. The SMILES string of the molecule is COc1cc([C@@H]2c3cc4c(cc3[C@@H](CCN3CCC(N5CCCCC5)CC3)[C@H]3COC(=O)[C@H]23)OCO4)cc(OC)c1O. The number of ether oxygens (including phenoxy) is 5. The molecular formula is C33H42N2O7.